The van der Waals surface area contributed by atoms with Gasteiger partial charge in [-0.3, -0.25) is 9.36 Å². The number of rotatable bonds is 9. The van der Waals surface area contributed by atoms with Crippen molar-refractivity contribution in [2.24, 2.45) is 0 Å². The van der Waals surface area contributed by atoms with Crippen LogP contribution in [0.2, 0.25) is 0 Å². The monoisotopic (exact) mass is 393 g/mol. The number of unbranched alkanes of at least 4 members (excludes halogenated alkanes) is 4. The molecular weight excluding hydrogens is 366 g/mol. The Morgan fingerprint density at radius 3 is 2.68 bits per heavy atom. The van der Waals surface area contributed by atoms with Gasteiger partial charge in [0, 0.05) is 6.42 Å². The fourth-order valence-electron chi connectivity index (χ4n) is 3.32. The maximum atomic E-state index is 12.2. The molecule has 0 aliphatic carbocycles. The largest absolute Gasteiger partial charge is 0.394 e. The molecule has 154 valence electrons. The molecule has 1 saturated heterocycles. The number of hydrogen-bond acceptors (Lipinski definition) is 8. The van der Waals surface area contributed by atoms with Crippen LogP contribution in [0.3, 0.4) is 0 Å². The van der Waals surface area contributed by atoms with Gasteiger partial charge in [0.1, 0.15) is 24.6 Å². The number of carbonyl (C=O) groups excluding carboxylic acids is 1. The maximum absolute atomic E-state index is 12.2. The molecule has 10 heteroatoms. The van der Waals surface area contributed by atoms with Crippen LogP contribution in [0.4, 0.5) is 5.82 Å². The van der Waals surface area contributed by atoms with Gasteiger partial charge in [0.2, 0.25) is 5.91 Å². The van der Waals surface area contributed by atoms with Crippen LogP contribution < -0.4 is 5.32 Å². The number of hydrogen-bond donors (Lipinski definition) is 4. The van der Waals surface area contributed by atoms with Gasteiger partial charge in [-0.05, 0) is 6.42 Å². The highest BCUT2D eigenvalue weighted by Gasteiger charge is 2.44. The zero-order valence-corrected chi connectivity index (χ0v) is 15.9. The molecule has 0 spiro atoms. The highest BCUT2D eigenvalue weighted by molar-refractivity contribution is 5.96. The lowest BCUT2D eigenvalue weighted by Crippen LogP contribution is -2.33. The summed E-state index contributed by atoms with van der Waals surface area (Å²) in [6, 6.07) is 0. The summed E-state index contributed by atoms with van der Waals surface area (Å²) in [7, 11) is 0. The predicted octanol–water partition coefficient (Wildman–Crippen LogP) is 0.737. The summed E-state index contributed by atoms with van der Waals surface area (Å²) < 4.78 is 6.98. The first-order valence-electron chi connectivity index (χ1n) is 9.66. The van der Waals surface area contributed by atoms with Crippen molar-refractivity contribution in [1.29, 1.82) is 0 Å². The number of carbonyl (C=O) groups is 1. The molecule has 2 aromatic rings. The average molecular weight is 393 g/mol. The summed E-state index contributed by atoms with van der Waals surface area (Å²) in [4.78, 5) is 24.7. The minimum absolute atomic E-state index is 0.140. The van der Waals surface area contributed by atoms with E-state index >= 15 is 0 Å². The molecule has 28 heavy (non-hydrogen) atoms. The Hall–Kier alpha value is -2.14. The van der Waals surface area contributed by atoms with Crippen molar-refractivity contribution >= 4 is 22.9 Å². The van der Waals surface area contributed by atoms with E-state index in [0.717, 1.165) is 25.7 Å². The number of imidazole rings is 1. The van der Waals surface area contributed by atoms with Gasteiger partial charge >= 0.3 is 0 Å². The summed E-state index contributed by atoms with van der Waals surface area (Å²) in [5, 5.41) is 32.2. The molecule has 1 aliphatic rings. The lowest BCUT2D eigenvalue weighted by molar-refractivity contribution is -0.116. The molecule has 4 N–H and O–H groups in total. The Kier molecular flexibility index (Phi) is 6.89. The number of aromatic nitrogens is 4. The molecule has 4 atom stereocenters. The fourth-order valence-corrected chi connectivity index (χ4v) is 3.32. The molecule has 1 amide bonds. The lowest BCUT2D eigenvalue weighted by atomic mass is 10.1. The Balaban J connectivity index is 1.70. The van der Waals surface area contributed by atoms with E-state index in [-0.39, 0.29) is 11.7 Å². The quantitative estimate of drug-likeness (QED) is 0.457. The van der Waals surface area contributed by atoms with E-state index in [9.17, 15) is 20.1 Å². The topological polar surface area (TPSA) is 143 Å². The molecule has 0 unspecified atom stereocenters. The van der Waals surface area contributed by atoms with E-state index in [0.29, 0.717) is 17.6 Å². The van der Waals surface area contributed by atoms with Gasteiger partial charge in [0.05, 0.1) is 12.9 Å². The van der Waals surface area contributed by atoms with Crippen LogP contribution in [-0.4, -0.2) is 65.7 Å². The van der Waals surface area contributed by atoms with Gasteiger partial charge in [0.15, 0.2) is 23.2 Å². The molecule has 10 nitrogen and oxygen atoms in total. The Morgan fingerprint density at radius 2 is 1.96 bits per heavy atom. The van der Waals surface area contributed by atoms with Crippen LogP contribution in [0.15, 0.2) is 12.7 Å². The van der Waals surface area contributed by atoms with Crippen LogP contribution in [0.25, 0.3) is 11.2 Å². The molecule has 3 rings (SSSR count). The van der Waals surface area contributed by atoms with E-state index in [4.69, 9.17) is 4.74 Å². The molecule has 1 aliphatic heterocycles. The second kappa shape index (κ2) is 9.37. The molecule has 2 aromatic heterocycles. The third-order valence-corrected chi connectivity index (χ3v) is 4.92. The number of aliphatic hydroxyl groups is 3. The van der Waals surface area contributed by atoms with Crippen LogP contribution in [-0.2, 0) is 9.53 Å². The summed E-state index contributed by atoms with van der Waals surface area (Å²) in [6.45, 7) is 1.72. The molecule has 1 fully saturated rings. The van der Waals surface area contributed by atoms with E-state index in [1.54, 1.807) is 0 Å². The molecule has 0 aromatic carbocycles. The highest BCUT2D eigenvalue weighted by Crippen LogP contribution is 2.32. The zero-order valence-electron chi connectivity index (χ0n) is 15.9. The first kappa shape index (κ1) is 20.6. The first-order valence-corrected chi connectivity index (χ1v) is 9.66. The smallest absolute Gasteiger partial charge is 0.225 e. The number of anilines is 1. The third kappa shape index (κ3) is 4.30. The number of aliphatic hydroxyl groups excluding tert-OH is 3. The highest BCUT2D eigenvalue weighted by atomic mass is 16.6. The average Bonchev–Trinajstić information content (AvgIpc) is 3.24. The van der Waals surface area contributed by atoms with Gasteiger partial charge < -0.3 is 25.4 Å². The number of nitrogens with zero attached hydrogens (tertiary/aromatic N) is 4. The van der Waals surface area contributed by atoms with Gasteiger partial charge in [-0.1, -0.05) is 32.6 Å². The van der Waals surface area contributed by atoms with Crippen molar-refractivity contribution in [1.82, 2.24) is 19.5 Å². The van der Waals surface area contributed by atoms with Crippen LogP contribution in [0, 0.1) is 0 Å². The third-order valence-electron chi connectivity index (χ3n) is 4.92. The van der Waals surface area contributed by atoms with Crippen molar-refractivity contribution in [3.8, 4) is 0 Å². The minimum atomic E-state index is -1.24. The van der Waals surface area contributed by atoms with Crippen molar-refractivity contribution in [3.63, 3.8) is 0 Å². The molecule has 3 heterocycles. The van der Waals surface area contributed by atoms with E-state index in [1.807, 2.05) is 0 Å². The zero-order chi connectivity index (χ0) is 20.1. The predicted molar refractivity (Wildman–Crippen MR) is 100 cm³/mol. The number of fused-ring (bicyclic) bond motifs is 1. The van der Waals surface area contributed by atoms with Gasteiger partial charge in [0.25, 0.3) is 0 Å². The molecule has 0 radical (unpaired) electrons. The summed E-state index contributed by atoms with van der Waals surface area (Å²) in [5.74, 6) is 0.146. The second-order valence-corrected chi connectivity index (χ2v) is 6.99. The van der Waals surface area contributed by atoms with E-state index < -0.39 is 31.1 Å². The van der Waals surface area contributed by atoms with Crippen molar-refractivity contribution in [2.75, 3.05) is 11.9 Å². The SMILES string of the molecule is CCCCCCCC(=O)Nc1ncnc2c1ncn2[C@@H]1O[C@H](CO)[C@H](O)[C@H]1O. The van der Waals surface area contributed by atoms with Gasteiger partial charge in [-0.25, -0.2) is 15.0 Å². The molecule has 0 bridgehead atoms. The van der Waals surface area contributed by atoms with Crippen LogP contribution in [0.5, 0.6) is 0 Å². The Morgan fingerprint density at radius 1 is 1.18 bits per heavy atom. The number of nitrogens with one attached hydrogen (secondary N) is 1. The van der Waals surface area contributed by atoms with Crippen LogP contribution >= 0.6 is 0 Å². The summed E-state index contributed by atoms with van der Waals surface area (Å²) in [6.07, 6.45) is 4.07. The van der Waals surface area contributed by atoms with Crippen molar-refractivity contribution < 1.29 is 24.9 Å². The van der Waals surface area contributed by atoms with Gasteiger partial charge in [-0.2, -0.15) is 0 Å². The molecular formula is C18H27N5O5. The van der Waals surface area contributed by atoms with E-state index in [1.165, 1.54) is 23.6 Å². The summed E-state index contributed by atoms with van der Waals surface area (Å²) >= 11 is 0. The van der Waals surface area contributed by atoms with Crippen LogP contribution in [0.1, 0.15) is 51.7 Å². The Labute approximate surface area is 162 Å². The Bertz CT molecular complexity index is 798. The normalized spacial score (nSPS) is 24.7. The summed E-state index contributed by atoms with van der Waals surface area (Å²) in [5.41, 5.74) is 0.711. The maximum Gasteiger partial charge on any atom is 0.225 e. The number of amides is 1. The van der Waals surface area contributed by atoms with Crippen molar-refractivity contribution in [3.05, 3.63) is 12.7 Å². The first-order chi connectivity index (χ1) is 13.6. The minimum Gasteiger partial charge on any atom is -0.394 e. The number of ether oxygens (including phenoxy) is 1. The lowest BCUT2D eigenvalue weighted by Gasteiger charge is -2.16. The van der Waals surface area contributed by atoms with Crippen molar-refractivity contribution in [2.45, 2.75) is 70.0 Å². The van der Waals surface area contributed by atoms with E-state index in [2.05, 4.69) is 27.2 Å². The standard InChI is InChI=1S/C18H27N5O5/c1-2-3-4-5-6-7-12(25)22-16-13-17(20-9-19-16)23(10-21-13)18-15(27)14(26)11(8-24)28-18/h9-11,14-15,18,24,26-27H,2-8H2,1H3,(H,19,20,22,25)/t11-,14+,15-,18-/m1/s1. The fraction of sp³-hybridized carbons (Fsp3) is 0.667. The molecule has 0 saturated carbocycles. The van der Waals surface area contributed by atoms with Gasteiger partial charge in [-0.15, -0.1) is 0 Å². The second-order valence-electron chi connectivity index (χ2n) is 6.99.